The number of Topliss-reactive ketones (excluding diaryl/α,β-unsaturated/α-hetero) is 2. The monoisotopic (exact) mass is 872 g/mol. The third-order valence-electron chi connectivity index (χ3n) is 8.78. The number of benzene rings is 4. The molecule has 0 fully saturated rings. The normalized spacial score (nSPS) is 16.1. The van der Waals surface area contributed by atoms with Crippen LogP contribution in [0.15, 0.2) is 90.5 Å². The number of nitrogens with one attached hydrogen (secondary N) is 2. The first-order valence-corrected chi connectivity index (χ1v) is 21.7. The van der Waals surface area contributed by atoms with E-state index in [2.05, 4.69) is 21.1 Å². The first-order chi connectivity index (χ1) is 26.8. The Morgan fingerprint density at radius 3 is 1.16 bits per heavy atom. The lowest BCUT2D eigenvalue weighted by Crippen LogP contribution is -2.28. The standard InChI is InChI=1S/C34H28N6O14S4/c1-15-7-17(3-5-25(15)37-39-31-27(57(49,50)51)11-19-9-21(55(43,44)45)13-23(35)29(19)33(31)41)18-4-6-26(16(2)8-18)38-40-32-28(58(52,53)54)12-20-10-22(56(46,47)48)14-24(36)30(20)34(32)42/h3-14,37-38H,35-36H2,1-2H3,(H,43,44,45)(H,46,47,48)(H,49,50,51)(H,52,53,54)/b39-31+,40-32+. The molecule has 0 bridgehead atoms. The molecule has 0 aromatic heterocycles. The van der Waals surface area contributed by atoms with Crippen LogP contribution in [-0.2, 0) is 40.5 Å². The number of carbonyl (C=O) groups is 2. The first-order valence-electron chi connectivity index (χ1n) is 16.0. The van der Waals surface area contributed by atoms with Gasteiger partial charge in [0.15, 0.2) is 11.4 Å². The lowest BCUT2D eigenvalue weighted by Gasteiger charge is -2.19. The summed E-state index contributed by atoms with van der Waals surface area (Å²) >= 11 is 0. The molecule has 0 saturated carbocycles. The van der Waals surface area contributed by atoms with Gasteiger partial charge in [-0.25, -0.2) is 0 Å². The maximum Gasteiger partial charge on any atom is 0.296 e. The Morgan fingerprint density at radius 1 is 0.517 bits per heavy atom. The summed E-state index contributed by atoms with van der Waals surface area (Å²) in [4.78, 5) is 23.4. The Labute approximate surface area is 329 Å². The molecule has 10 N–H and O–H groups in total. The van der Waals surface area contributed by atoms with Crippen molar-refractivity contribution in [1.29, 1.82) is 0 Å². The number of fused-ring (bicyclic) bond motifs is 2. The molecular weight excluding hydrogens is 845 g/mol. The summed E-state index contributed by atoms with van der Waals surface area (Å²) in [6, 6.07) is 13.0. The van der Waals surface area contributed by atoms with Crippen LogP contribution in [0.4, 0.5) is 22.7 Å². The molecule has 2 aliphatic carbocycles. The maximum atomic E-state index is 13.4. The van der Waals surface area contributed by atoms with Gasteiger partial charge in [0, 0.05) is 11.4 Å². The van der Waals surface area contributed by atoms with Crippen molar-refractivity contribution in [3.8, 4) is 11.1 Å². The number of hydrogen-bond acceptors (Lipinski definition) is 16. The molecule has 0 unspecified atom stereocenters. The van der Waals surface area contributed by atoms with Crippen LogP contribution in [0.2, 0.25) is 0 Å². The molecule has 24 heteroatoms. The number of hydrazone groups is 2. The van der Waals surface area contributed by atoms with E-state index < -0.39 is 94.4 Å². The van der Waals surface area contributed by atoms with Gasteiger partial charge in [-0.05, 0) is 108 Å². The van der Waals surface area contributed by atoms with E-state index in [9.17, 15) is 61.5 Å². The van der Waals surface area contributed by atoms with E-state index in [0.717, 1.165) is 36.4 Å². The van der Waals surface area contributed by atoms with Gasteiger partial charge < -0.3 is 11.5 Å². The summed E-state index contributed by atoms with van der Waals surface area (Å²) in [5, 5.41) is 7.88. The van der Waals surface area contributed by atoms with Gasteiger partial charge in [0.25, 0.3) is 40.5 Å². The largest absolute Gasteiger partial charge is 0.398 e. The Morgan fingerprint density at radius 2 is 0.862 bits per heavy atom. The number of hydrogen-bond donors (Lipinski definition) is 8. The summed E-state index contributed by atoms with van der Waals surface area (Å²) in [6.07, 6.45) is 1.58. The van der Waals surface area contributed by atoms with E-state index in [1.54, 1.807) is 50.2 Å². The number of anilines is 4. The highest BCUT2D eigenvalue weighted by Gasteiger charge is 2.36. The van der Waals surface area contributed by atoms with Crippen LogP contribution in [0.5, 0.6) is 0 Å². The highest BCUT2D eigenvalue weighted by Crippen LogP contribution is 2.35. The molecule has 0 heterocycles. The van der Waals surface area contributed by atoms with E-state index in [0.29, 0.717) is 33.6 Å². The van der Waals surface area contributed by atoms with Crippen LogP contribution in [-0.4, -0.2) is 74.9 Å². The van der Waals surface area contributed by atoms with Gasteiger partial charge in [-0.1, -0.05) is 12.1 Å². The number of nitrogens with zero attached hydrogens (tertiary/aromatic N) is 2. The molecule has 2 aliphatic rings. The Hall–Kier alpha value is -6.12. The maximum absolute atomic E-state index is 13.4. The van der Waals surface area contributed by atoms with E-state index in [4.69, 9.17) is 11.5 Å². The van der Waals surface area contributed by atoms with Crippen molar-refractivity contribution in [2.75, 3.05) is 22.3 Å². The highest BCUT2D eigenvalue weighted by molar-refractivity contribution is 7.91. The molecule has 0 atom stereocenters. The van der Waals surface area contributed by atoms with Crippen LogP contribution in [0, 0.1) is 13.8 Å². The fourth-order valence-corrected chi connectivity index (χ4v) is 8.44. The average molecular weight is 873 g/mol. The van der Waals surface area contributed by atoms with Gasteiger partial charge in [0.1, 0.15) is 9.81 Å². The number of nitrogen functional groups attached to an aromatic ring is 2. The molecular formula is C34H28N6O14S4. The Kier molecular flexibility index (Phi) is 10.3. The predicted octanol–water partition coefficient (Wildman–Crippen LogP) is 3.41. The molecule has 20 nitrogen and oxygen atoms in total. The minimum Gasteiger partial charge on any atom is -0.398 e. The van der Waals surface area contributed by atoms with E-state index >= 15 is 0 Å². The van der Waals surface area contributed by atoms with Crippen molar-refractivity contribution >= 4 is 98.4 Å². The van der Waals surface area contributed by atoms with Gasteiger partial charge in [-0.3, -0.25) is 38.7 Å². The fourth-order valence-electron chi connectivity index (χ4n) is 6.02. The third kappa shape index (κ3) is 8.02. The second-order valence-electron chi connectivity index (χ2n) is 12.7. The van der Waals surface area contributed by atoms with Gasteiger partial charge in [-0.15, -0.1) is 0 Å². The molecule has 0 radical (unpaired) electrons. The number of allylic oxidation sites excluding steroid dienone is 2. The minimum absolute atomic E-state index is 0.293. The summed E-state index contributed by atoms with van der Waals surface area (Å²) in [7, 11) is -19.8. The van der Waals surface area contributed by atoms with Gasteiger partial charge in [-0.2, -0.15) is 43.9 Å². The lowest BCUT2D eigenvalue weighted by atomic mass is 9.93. The van der Waals surface area contributed by atoms with Crippen molar-refractivity contribution in [3.63, 3.8) is 0 Å². The Bertz CT molecular complexity index is 2930. The molecule has 58 heavy (non-hydrogen) atoms. The highest BCUT2D eigenvalue weighted by atomic mass is 32.2. The molecule has 4 aromatic carbocycles. The first kappa shape index (κ1) is 41.5. The second kappa shape index (κ2) is 14.4. The lowest BCUT2D eigenvalue weighted by molar-refractivity contribution is 0.105. The topological polar surface area (TPSA) is 352 Å². The van der Waals surface area contributed by atoms with E-state index in [-0.39, 0.29) is 22.3 Å². The number of rotatable bonds is 9. The third-order valence-corrected chi connectivity index (χ3v) is 12.2. The second-order valence-corrected chi connectivity index (χ2v) is 18.4. The van der Waals surface area contributed by atoms with Crippen molar-refractivity contribution in [3.05, 3.63) is 104 Å². The fraction of sp³-hybridized carbons (Fsp3) is 0.0588. The van der Waals surface area contributed by atoms with Crippen molar-refractivity contribution in [1.82, 2.24) is 0 Å². The zero-order valence-corrected chi connectivity index (χ0v) is 32.7. The van der Waals surface area contributed by atoms with Crippen molar-refractivity contribution < 1.29 is 61.5 Å². The molecule has 4 aromatic rings. The summed E-state index contributed by atoms with van der Waals surface area (Å²) in [5.74, 6) is -2.14. The molecule has 6 rings (SSSR count). The Balaban J connectivity index is 1.27. The molecule has 302 valence electrons. The van der Waals surface area contributed by atoms with Gasteiger partial charge in [0.05, 0.1) is 32.3 Å². The summed E-state index contributed by atoms with van der Waals surface area (Å²) < 4.78 is 134. The zero-order valence-electron chi connectivity index (χ0n) is 29.5. The quantitative estimate of drug-likeness (QED) is 0.0678. The van der Waals surface area contributed by atoms with Crippen LogP contribution in [0.3, 0.4) is 0 Å². The molecule has 0 aliphatic heterocycles. The minimum atomic E-state index is -5.10. The number of carbonyl (C=O) groups excluding carboxylic acids is 2. The molecule has 0 spiro atoms. The van der Waals surface area contributed by atoms with Crippen molar-refractivity contribution in [2.24, 2.45) is 10.2 Å². The zero-order chi connectivity index (χ0) is 42.9. The number of nitrogens with two attached hydrogens (primary N) is 2. The average Bonchev–Trinajstić information content (AvgIpc) is 3.09. The number of aryl methyl sites for hydroxylation is 2. The predicted molar refractivity (Wildman–Crippen MR) is 213 cm³/mol. The number of ketones is 2. The van der Waals surface area contributed by atoms with Crippen molar-refractivity contribution in [2.45, 2.75) is 23.6 Å². The van der Waals surface area contributed by atoms with Gasteiger partial charge in [0.2, 0.25) is 11.6 Å². The van der Waals surface area contributed by atoms with Crippen LogP contribution in [0.1, 0.15) is 43.0 Å². The smallest absolute Gasteiger partial charge is 0.296 e. The summed E-state index contributed by atoms with van der Waals surface area (Å²) in [6.45, 7) is 3.32. The van der Waals surface area contributed by atoms with Crippen LogP contribution in [0.25, 0.3) is 23.3 Å². The van der Waals surface area contributed by atoms with Crippen LogP contribution >= 0.6 is 0 Å². The summed E-state index contributed by atoms with van der Waals surface area (Å²) in [5.41, 5.74) is 16.3. The molecule has 0 saturated heterocycles. The molecule has 0 amide bonds. The van der Waals surface area contributed by atoms with E-state index in [1.807, 2.05) is 0 Å². The van der Waals surface area contributed by atoms with Crippen LogP contribution < -0.4 is 22.3 Å². The van der Waals surface area contributed by atoms with E-state index in [1.165, 1.54) is 0 Å². The SMILES string of the molecule is Cc1cc(-c2ccc(N/N=C3/C(=O)c4c(N)cc(S(=O)(=O)O)cc4C=C3S(=O)(=O)O)c(C)c2)ccc1N/N=C1/C(=O)c2c(N)cc(S(=O)(=O)O)cc2C=C1S(=O)(=O)O. The van der Waals surface area contributed by atoms with Gasteiger partial charge >= 0.3 is 0 Å².